The van der Waals surface area contributed by atoms with E-state index in [-0.39, 0.29) is 24.3 Å². The fourth-order valence-corrected chi connectivity index (χ4v) is 4.20. The lowest BCUT2D eigenvalue weighted by Gasteiger charge is -2.39. The van der Waals surface area contributed by atoms with Gasteiger partial charge in [0.25, 0.3) is 11.8 Å². The zero-order chi connectivity index (χ0) is 21.4. The summed E-state index contributed by atoms with van der Waals surface area (Å²) in [5.41, 5.74) is 3.68. The van der Waals surface area contributed by atoms with E-state index in [1.807, 2.05) is 54.6 Å². The van der Waals surface area contributed by atoms with Gasteiger partial charge in [0.15, 0.2) is 0 Å². The molecule has 0 saturated carbocycles. The lowest BCUT2D eigenvalue weighted by molar-refractivity contribution is -0.121. The molecule has 2 aliphatic rings. The van der Waals surface area contributed by atoms with Crippen LogP contribution in [0.15, 0.2) is 78.9 Å². The van der Waals surface area contributed by atoms with Crippen LogP contribution in [0, 0.1) is 0 Å². The Hall–Kier alpha value is -3.93. The lowest BCUT2D eigenvalue weighted by atomic mass is 10.0. The molecule has 2 heterocycles. The maximum atomic E-state index is 13.1. The highest BCUT2D eigenvalue weighted by Gasteiger charge is 2.40. The van der Waals surface area contributed by atoms with Gasteiger partial charge in [0.2, 0.25) is 5.91 Å². The summed E-state index contributed by atoms with van der Waals surface area (Å²) in [6.45, 7) is 0.876. The third-order valence-corrected chi connectivity index (χ3v) is 5.89. The van der Waals surface area contributed by atoms with Gasteiger partial charge in [-0.3, -0.25) is 14.4 Å². The minimum Gasteiger partial charge on any atom is -0.334 e. The molecule has 1 saturated heterocycles. The van der Waals surface area contributed by atoms with Crippen LogP contribution in [0.5, 0.6) is 0 Å². The molecule has 6 heteroatoms. The number of para-hydroxylation sites is 1. The van der Waals surface area contributed by atoms with E-state index in [1.54, 1.807) is 34.1 Å². The number of hydrogen-bond acceptors (Lipinski definition) is 3. The number of carbonyl (C=O) groups excluding carboxylic acids is 3. The molecule has 0 unspecified atom stereocenters. The molecule has 31 heavy (non-hydrogen) atoms. The minimum atomic E-state index is -0.707. The summed E-state index contributed by atoms with van der Waals surface area (Å²) in [7, 11) is 0. The Morgan fingerprint density at radius 2 is 1.48 bits per heavy atom. The fraction of sp³-hybridized carbons (Fsp3) is 0.160. The molecule has 154 valence electrons. The van der Waals surface area contributed by atoms with Gasteiger partial charge in [-0.2, -0.15) is 0 Å². The summed E-state index contributed by atoms with van der Waals surface area (Å²) in [5, 5.41) is 2.84. The van der Waals surface area contributed by atoms with Gasteiger partial charge in [-0.15, -0.1) is 0 Å². The van der Waals surface area contributed by atoms with Crippen molar-refractivity contribution in [1.82, 2.24) is 9.80 Å². The van der Waals surface area contributed by atoms with Crippen molar-refractivity contribution in [2.24, 2.45) is 0 Å². The molecule has 0 bridgehead atoms. The van der Waals surface area contributed by atoms with E-state index in [9.17, 15) is 14.4 Å². The van der Waals surface area contributed by atoms with E-state index in [4.69, 9.17) is 0 Å². The second kappa shape index (κ2) is 7.72. The number of carbonyl (C=O) groups is 3. The number of rotatable bonds is 2. The molecule has 1 N–H and O–H groups in total. The van der Waals surface area contributed by atoms with Crippen LogP contribution in [-0.4, -0.2) is 53.2 Å². The predicted molar refractivity (Wildman–Crippen MR) is 118 cm³/mol. The molecule has 0 radical (unpaired) electrons. The molecule has 1 atom stereocenters. The number of anilines is 1. The molecule has 6 nitrogen and oxygen atoms in total. The third-order valence-electron chi connectivity index (χ3n) is 5.89. The zero-order valence-electron chi connectivity index (χ0n) is 16.8. The van der Waals surface area contributed by atoms with Crippen molar-refractivity contribution in [1.29, 1.82) is 0 Å². The fourth-order valence-electron chi connectivity index (χ4n) is 4.20. The van der Waals surface area contributed by atoms with Crippen molar-refractivity contribution in [3.05, 3.63) is 90.0 Å². The first-order valence-electron chi connectivity index (χ1n) is 10.3. The average molecular weight is 411 g/mol. The first-order chi connectivity index (χ1) is 15.1. The number of benzene rings is 3. The molecule has 0 aromatic heterocycles. The number of nitrogens with zero attached hydrogens (tertiary/aromatic N) is 2. The zero-order valence-corrected chi connectivity index (χ0v) is 16.8. The van der Waals surface area contributed by atoms with E-state index in [0.29, 0.717) is 29.9 Å². The van der Waals surface area contributed by atoms with Crippen molar-refractivity contribution in [2.75, 3.05) is 25.0 Å². The molecule has 3 aromatic carbocycles. The number of fused-ring (bicyclic) bond motifs is 2. The van der Waals surface area contributed by atoms with Crippen molar-refractivity contribution >= 4 is 23.4 Å². The number of piperazine rings is 1. The first kappa shape index (κ1) is 19.1. The first-order valence-corrected chi connectivity index (χ1v) is 10.3. The Labute approximate surface area is 180 Å². The molecule has 2 aliphatic heterocycles. The standard InChI is InChI=1S/C25H21N3O3/c29-23-22-16-27(14-15-28(22)25(31)20-8-4-5-9-21(20)26-23)24(30)19-12-10-18(11-13-19)17-6-2-1-3-7-17/h1-13,22H,14-16H2,(H,26,29)/t22-/m1/s1. The van der Waals surface area contributed by atoms with E-state index < -0.39 is 6.04 Å². The summed E-state index contributed by atoms with van der Waals surface area (Å²) in [6.07, 6.45) is 0. The summed E-state index contributed by atoms with van der Waals surface area (Å²) in [5.74, 6) is -0.588. The van der Waals surface area contributed by atoms with Crippen LogP contribution >= 0.6 is 0 Å². The maximum absolute atomic E-state index is 13.1. The topological polar surface area (TPSA) is 69.7 Å². The van der Waals surface area contributed by atoms with E-state index in [1.165, 1.54) is 0 Å². The molecule has 3 amide bonds. The second-order valence-corrected chi connectivity index (χ2v) is 7.74. The van der Waals surface area contributed by atoms with Gasteiger partial charge in [-0.05, 0) is 35.4 Å². The van der Waals surface area contributed by atoms with E-state index >= 15 is 0 Å². The minimum absolute atomic E-state index is 0.138. The SMILES string of the molecule is O=C1Nc2ccccc2C(=O)N2CCN(C(=O)c3ccc(-c4ccccc4)cc3)C[C@H]12. The summed E-state index contributed by atoms with van der Waals surface area (Å²) in [4.78, 5) is 42.1. The molecule has 0 spiro atoms. The van der Waals surface area contributed by atoms with E-state index in [2.05, 4.69) is 5.32 Å². The highest BCUT2D eigenvalue weighted by atomic mass is 16.2. The molecule has 0 aliphatic carbocycles. The van der Waals surface area contributed by atoms with Crippen molar-refractivity contribution in [3.8, 4) is 11.1 Å². The number of nitrogens with one attached hydrogen (secondary N) is 1. The van der Waals surface area contributed by atoms with Crippen molar-refractivity contribution < 1.29 is 14.4 Å². The Morgan fingerprint density at radius 3 is 2.26 bits per heavy atom. The highest BCUT2D eigenvalue weighted by Crippen LogP contribution is 2.26. The van der Waals surface area contributed by atoms with Crippen LogP contribution in [0.2, 0.25) is 0 Å². The molecular formula is C25H21N3O3. The summed E-state index contributed by atoms with van der Waals surface area (Å²) >= 11 is 0. The van der Waals surface area contributed by atoms with Gasteiger partial charge in [0, 0.05) is 18.7 Å². The predicted octanol–water partition coefficient (Wildman–Crippen LogP) is 3.27. The number of hydrogen-bond donors (Lipinski definition) is 1. The van der Waals surface area contributed by atoms with Gasteiger partial charge in [0.1, 0.15) is 6.04 Å². The Balaban J connectivity index is 1.35. The Kier molecular flexibility index (Phi) is 4.75. The quantitative estimate of drug-likeness (QED) is 0.704. The number of amides is 3. The van der Waals surface area contributed by atoms with Crippen LogP contribution in [0.3, 0.4) is 0 Å². The van der Waals surface area contributed by atoms with Gasteiger partial charge in [-0.1, -0.05) is 54.6 Å². The van der Waals surface area contributed by atoms with Crippen molar-refractivity contribution in [3.63, 3.8) is 0 Å². The third kappa shape index (κ3) is 3.46. The largest absolute Gasteiger partial charge is 0.334 e. The monoisotopic (exact) mass is 411 g/mol. The Morgan fingerprint density at radius 1 is 0.806 bits per heavy atom. The van der Waals surface area contributed by atoms with Crippen LogP contribution in [0.4, 0.5) is 5.69 Å². The highest BCUT2D eigenvalue weighted by molar-refractivity contribution is 6.10. The van der Waals surface area contributed by atoms with Crippen molar-refractivity contribution in [2.45, 2.75) is 6.04 Å². The van der Waals surface area contributed by atoms with Gasteiger partial charge >= 0.3 is 0 Å². The molecular weight excluding hydrogens is 390 g/mol. The van der Waals surface area contributed by atoms with Crippen LogP contribution in [-0.2, 0) is 4.79 Å². The summed E-state index contributed by atoms with van der Waals surface area (Å²) < 4.78 is 0. The van der Waals surface area contributed by atoms with Crippen LogP contribution in [0.25, 0.3) is 11.1 Å². The maximum Gasteiger partial charge on any atom is 0.256 e. The lowest BCUT2D eigenvalue weighted by Crippen LogP contribution is -2.59. The van der Waals surface area contributed by atoms with Gasteiger partial charge in [0.05, 0.1) is 17.8 Å². The molecule has 1 fully saturated rings. The van der Waals surface area contributed by atoms with Gasteiger partial charge in [-0.25, -0.2) is 0 Å². The normalized spacial score (nSPS) is 18.0. The van der Waals surface area contributed by atoms with Crippen LogP contribution in [0.1, 0.15) is 20.7 Å². The molecule has 3 aromatic rings. The van der Waals surface area contributed by atoms with E-state index in [0.717, 1.165) is 11.1 Å². The second-order valence-electron chi connectivity index (χ2n) is 7.74. The smallest absolute Gasteiger partial charge is 0.256 e. The summed E-state index contributed by atoms with van der Waals surface area (Å²) in [6, 6.07) is 23.7. The Bertz CT molecular complexity index is 1160. The molecule has 5 rings (SSSR count). The van der Waals surface area contributed by atoms with Crippen LogP contribution < -0.4 is 5.32 Å². The average Bonchev–Trinajstić information content (AvgIpc) is 2.93. The van der Waals surface area contributed by atoms with Gasteiger partial charge < -0.3 is 15.1 Å².